The van der Waals surface area contributed by atoms with E-state index in [0.717, 1.165) is 32.6 Å². The fraction of sp³-hybridized carbons (Fsp3) is 0.263. The standard InChI is InChI=1S/C19H18N2O3S2/c1-12(13-4-5-15-16(9-13)24-7-6-23-15)20-18(22)10-14-11-26-19(21-14)17-3-2-8-25-17/h2-5,8-9,11-12H,6-7,10H2,1H3,(H,20,22). The van der Waals surface area contributed by atoms with Gasteiger partial charge in [0, 0.05) is 5.38 Å². The molecule has 0 saturated carbocycles. The summed E-state index contributed by atoms with van der Waals surface area (Å²) in [7, 11) is 0. The van der Waals surface area contributed by atoms with Gasteiger partial charge in [-0.05, 0) is 36.1 Å². The molecule has 0 aliphatic carbocycles. The Morgan fingerprint density at radius 1 is 1.23 bits per heavy atom. The summed E-state index contributed by atoms with van der Waals surface area (Å²) in [6, 6.07) is 9.70. The van der Waals surface area contributed by atoms with Gasteiger partial charge in [-0.2, -0.15) is 0 Å². The van der Waals surface area contributed by atoms with Crippen LogP contribution in [0.5, 0.6) is 11.5 Å². The Labute approximate surface area is 159 Å². The van der Waals surface area contributed by atoms with Gasteiger partial charge >= 0.3 is 0 Å². The summed E-state index contributed by atoms with van der Waals surface area (Å²) in [5.74, 6) is 1.44. The number of ether oxygens (including phenoxy) is 2. The zero-order valence-electron chi connectivity index (χ0n) is 14.2. The molecule has 0 spiro atoms. The van der Waals surface area contributed by atoms with Crippen LogP contribution in [-0.4, -0.2) is 24.1 Å². The number of fused-ring (bicyclic) bond motifs is 1. The van der Waals surface area contributed by atoms with E-state index >= 15 is 0 Å². The number of carbonyl (C=O) groups excluding carboxylic acids is 1. The molecule has 3 aromatic rings. The first-order valence-corrected chi connectivity index (χ1v) is 10.1. The number of thiazole rings is 1. The average molecular weight is 386 g/mol. The van der Waals surface area contributed by atoms with Gasteiger partial charge in [0.1, 0.15) is 18.2 Å². The summed E-state index contributed by atoms with van der Waals surface area (Å²) < 4.78 is 11.1. The molecule has 5 nitrogen and oxygen atoms in total. The van der Waals surface area contributed by atoms with Crippen LogP contribution < -0.4 is 14.8 Å². The van der Waals surface area contributed by atoms with E-state index in [1.807, 2.05) is 48.0 Å². The first kappa shape index (κ1) is 17.1. The molecule has 1 aliphatic rings. The first-order valence-electron chi connectivity index (χ1n) is 8.36. The minimum atomic E-state index is -0.117. The van der Waals surface area contributed by atoms with Crippen molar-refractivity contribution in [2.75, 3.05) is 13.2 Å². The van der Waals surface area contributed by atoms with Gasteiger partial charge in [-0.25, -0.2) is 4.98 Å². The van der Waals surface area contributed by atoms with Gasteiger partial charge < -0.3 is 14.8 Å². The number of nitrogens with one attached hydrogen (secondary N) is 1. The largest absolute Gasteiger partial charge is 0.486 e. The Morgan fingerprint density at radius 2 is 2.08 bits per heavy atom. The van der Waals surface area contributed by atoms with Crippen molar-refractivity contribution in [3.8, 4) is 21.4 Å². The molecular weight excluding hydrogens is 368 g/mol. The summed E-state index contributed by atoms with van der Waals surface area (Å²) >= 11 is 3.22. The normalized spacial score (nSPS) is 14.0. The molecule has 1 aromatic carbocycles. The Morgan fingerprint density at radius 3 is 2.88 bits per heavy atom. The second-order valence-electron chi connectivity index (χ2n) is 5.99. The highest BCUT2D eigenvalue weighted by Crippen LogP contribution is 2.32. The van der Waals surface area contributed by atoms with Crippen molar-refractivity contribution in [1.82, 2.24) is 10.3 Å². The number of nitrogens with zero attached hydrogens (tertiary/aromatic N) is 1. The molecule has 1 amide bonds. The minimum Gasteiger partial charge on any atom is -0.486 e. The van der Waals surface area contributed by atoms with Gasteiger partial charge in [-0.3, -0.25) is 4.79 Å². The lowest BCUT2D eigenvalue weighted by Gasteiger charge is -2.21. The number of aromatic nitrogens is 1. The third-order valence-electron chi connectivity index (χ3n) is 4.07. The van der Waals surface area contributed by atoms with E-state index in [1.54, 1.807) is 22.7 Å². The molecule has 2 aromatic heterocycles. The maximum atomic E-state index is 12.4. The third-order valence-corrected chi connectivity index (χ3v) is 6.00. The number of hydrogen-bond acceptors (Lipinski definition) is 6. The molecule has 0 fully saturated rings. The van der Waals surface area contributed by atoms with Gasteiger partial charge in [0.25, 0.3) is 0 Å². The predicted octanol–water partition coefficient (Wildman–Crippen LogP) is 4.06. The molecule has 134 valence electrons. The molecule has 1 unspecified atom stereocenters. The van der Waals surface area contributed by atoms with Crippen LogP contribution in [0.4, 0.5) is 0 Å². The summed E-state index contributed by atoms with van der Waals surface area (Å²) in [6.07, 6.45) is 0.275. The van der Waals surface area contributed by atoms with E-state index in [4.69, 9.17) is 9.47 Å². The average Bonchev–Trinajstić information content (AvgIpc) is 3.32. The zero-order valence-corrected chi connectivity index (χ0v) is 15.9. The predicted molar refractivity (Wildman–Crippen MR) is 103 cm³/mol. The van der Waals surface area contributed by atoms with Crippen LogP contribution in [0.1, 0.15) is 24.2 Å². The lowest BCUT2D eigenvalue weighted by Crippen LogP contribution is -2.28. The van der Waals surface area contributed by atoms with Crippen LogP contribution in [0, 0.1) is 0 Å². The van der Waals surface area contributed by atoms with E-state index < -0.39 is 0 Å². The molecule has 1 N–H and O–H groups in total. The topological polar surface area (TPSA) is 60.5 Å². The van der Waals surface area contributed by atoms with Crippen molar-refractivity contribution in [2.45, 2.75) is 19.4 Å². The van der Waals surface area contributed by atoms with Crippen LogP contribution >= 0.6 is 22.7 Å². The van der Waals surface area contributed by atoms with Crippen molar-refractivity contribution >= 4 is 28.6 Å². The lowest BCUT2D eigenvalue weighted by molar-refractivity contribution is -0.121. The lowest BCUT2D eigenvalue weighted by atomic mass is 10.1. The Kier molecular flexibility index (Phi) is 4.90. The smallest absolute Gasteiger partial charge is 0.226 e. The van der Waals surface area contributed by atoms with E-state index in [2.05, 4.69) is 10.3 Å². The summed E-state index contributed by atoms with van der Waals surface area (Å²) in [5, 5.41) is 7.96. The quantitative estimate of drug-likeness (QED) is 0.718. The number of thiophene rings is 1. The highest BCUT2D eigenvalue weighted by molar-refractivity contribution is 7.20. The highest BCUT2D eigenvalue weighted by atomic mass is 32.1. The maximum Gasteiger partial charge on any atom is 0.226 e. The van der Waals surface area contributed by atoms with Crippen LogP contribution in [-0.2, 0) is 11.2 Å². The van der Waals surface area contributed by atoms with E-state index in [-0.39, 0.29) is 18.4 Å². The molecule has 0 radical (unpaired) electrons. The molecular formula is C19H18N2O3S2. The molecule has 1 aliphatic heterocycles. The van der Waals surface area contributed by atoms with E-state index in [1.165, 1.54) is 0 Å². The molecule has 0 saturated heterocycles. The summed E-state index contributed by atoms with van der Waals surface area (Å²) in [6.45, 7) is 3.08. The van der Waals surface area contributed by atoms with Crippen LogP contribution in [0.25, 0.3) is 9.88 Å². The van der Waals surface area contributed by atoms with Gasteiger partial charge in [0.05, 0.1) is 23.0 Å². The minimum absolute atomic E-state index is 0.0459. The second kappa shape index (κ2) is 7.47. The molecule has 1 atom stereocenters. The molecule has 26 heavy (non-hydrogen) atoms. The molecule has 4 rings (SSSR count). The van der Waals surface area contributed by atoms with E-state index in [0.29, 0.717) is 13.2 Å². The summed E-state index contributed by atoms with van der Waals surface area (Å²) in [5.41, 5.74) is 1.78. The van der Waals surface area contributed by atoms with Crippen LogP contribution in [0.15, 0.2) is 41.1 Å². The maximum absolute atomic E-state index is 12.4. The number of benzene rings is 1. The van der Waals surface area contributed by atoms with Crippen molar-refractivity contribution in [3.63, 3.8) is 0 Å². The molecule has 3 heterocycles. The van der Waals surface area contributed by atoms with Gasteiger partial charge in [0.2, 0.25) is 5.91 Å². The van der Waals surface area contributed by atoms with E-state index in [9.17, 15) is 4.79 Å². The van der Waals surface area contributed by atoms with Crippen molar-refractivity contribution in [2.24, 2.45) is 0 Å². The third kappa shape index (κ3) is 3.73. The SMILES string of the molecule is CC(NC(=O)Cc1csc(-c2cccs2)n1)c1ccc2c(c1)OCCO2. The van der Waals surface area contributed by atoms with Crippen LogP contribution in [0.2, 0.25) is 0 Å². The summed E-state index contributed by atoms with van der Waals surface area (Å²) in [4.78, 5) is 18.1. The van der Waals surface area contributed by atoms with Crippen molar-refractivity contribution < 1.29 is 14.3 Å². The molecule has 0 bridgehead atoms. The van der Waals surface area contributed by atoms with Crippen molar-refractivity contribution in [1.29, 1.82) is 0 Å². The van der Waals surface area contributed by atoms with Crippen molar-refractivity contribution in [3.05, 3.63) is 52.3 Å². The number of amides is 1. The number of carbonyl (C=O) groups is 1. The monoisotopic (exact) mass is 386 g/mol. The fourth-order valence-corrected chi connectivity index (χ4v) is 4.41. The van der Waals surface area contributed by atoms with Gasteiger partial charge in [0.15, 0.2) is 11.5 Å². The zero-order chi connectivity index (χ0) is 17.9. The highest BCUT2D eigenvalue weighted by Gasteiger charge is 2.16. The molecule has 7 heteroatoms. The Bertz CT molecular complexity index is 905. The van der Waals surface area contributed by atoms with Gasteiger partial charge in [-0.15, -0.1) is 22.7 Å². The fourth-order valence-electron chi connectivity index (χ4n) is 2.77. The Balaban J connectivity index is 1.38. The first-order chi connectivity index (χ1) is 12.7. The van der Waals surface area contributed by atoms with Gasteiger partial charge in [-0.1, -0.05) is 12.1 Å². The Hall–Kier alpha value is -2.38. The number of hydrogen-bond donors (Lipinski definition) is 1. The van der Waals surface area contributed by atoms with Crippen LogP contribution in [0.3, 0.4) is 0 Å². The number of rotatable bonds is 5. The second-order valence-corrected chi connectivity index (χ2v) is 7.80.